The Hall–Kier alpha value is -1.94. The van der Waals surface area contributed by atoms with E-state index in [4.69, 9.17) is 4.74 Å². The van der Waals surface area contributed by atoms with Crippen LogP contribution < -0.4 is 15.4 Å². The summed E-state index contributed by atoms with van der Waals surface area (Å²) in [5.41, 5.74) is 2.82. The quantitative estimate of drug-likeness (QED) is 0.272. The van der Waals surface area contributed by atoms with Gasteiger partial charge in [0.15, 0.2) is 5.96 Å². The zero-order valence-corrected chi connectivity index (χ0v) is 19.0. The van der Waals surface area contributed by atoms with Gasteiger partial charge < -0.3 is 20.1 Å². The molecule has 0 fully saturated rings. The fraction of sp³-hybridized carbons (Fsp3) is 0.381. The lowest BCUT2D eigenvalue weighted by Crippen LogP contribution is -2.37. The molecule has 2 aromatic rings. The third-order valence-corrected chi connectivity index (χ3v) is 3.97. The summed E-state index contributed by atoms with van der Waals surface area (Å²) in [4.78, 5) is 4.50. The molecule has 8 heteroatoms. The molecular formula is C21H28F2IN3O2. The highest BCUT2D eigenvalue weighted by Crippen LogP contribution is 2.21. The highest BCUT2D eigenvalue weighted by atomic mass is 127. The Balaban J connectivity index is 0.00000420. The van der Waals surface area contributed by atoms with Crippen LogP contribution in [0.15, 0.2) is 53.5 Å². The normalized spacial score (nSPS) is 11.1. The number of hydrogen-bond acceptors (Lipinski definition) is 3. The summed E-state index contributed by atoms with van der Waals surface area (Å²) >= 11 is 0. The molecular weight excluding hydrogens is 491 g/mol. The first-order valence-corrected chi connectivity index (χ1v) is 9.33. The molecule has 2 rings (SSSR count). The topological polar surface area (TPSA) is 54.9 Å². The minimum absolute atomic E-state index is 0. The molecule has 0 atom stereocenters. The molecule has 2 aromatic carbocycles. The summed E-state index contributed by atoms with van der Waals surface area (Å²) in [6.45, 7) is 3.76. The molecule has 0 amide bonds. The summed E-state index contributed by atoms with van der Waals surface area (Å²) in [5.74, 6) is 0.736. The molecule has 29 heavy (non-hydrogen) atoms. The maximum Gasteiger partial charge on any atom is 0.387 e. The molecule has 0 aliphatic heterocycles. The van der Waals surface area contributed by atoms with Gasteiger partial charge in [-0.2, -0.15) is 8.78 Å². The highest BCUT2D eigenvalue weighted by Gasteiger charge is 2.09. The van der Waals surface area contributed by atoms with Crippen LogP contribution in [0.1, 0.15) is 30.5 Å². The number of halogens is 3. The van der Waals surface area contributed by atoms with Crippen molar-refractivity contribution in [3.63, 3.8) is 0 Å². The highest BCUT2D eigenvalue weighted by molar-refractivity contribution is 14.0. The van der Waals surface area contributed by atoms with Gasteiger partial charge in [0.05, 0.1) is 13.2 Å². The number of nitrogens with zero attached hydrogens (tertiary/aromatic N) is 1. The molecule has 0 aromatic heterocycles. The number of ether oxygens (including phenoxy) is 2. The number of hydrogen-bond donors (Lipinski definition) is 2. The third-order valence-electron chi connectivity index (χ3n) is 3.97. The average molecular weight is 519 g/mol. The van der Waals surface area contributed by atoms with Crippen LogP contribution in [0.25, 0.3) is 0 Å². The van der Waals surface area contributed by atoms with Gasteiger partial charge >= 0.3 is 6.61 Å². The summed E-state index contributed by atoms with van der Waals surface area (Å²) in [6, 6.07) is 14.7. The standard InChI is InChI=1S/C21H27F2N3O2.HI/c1-3-24-21(25-13-16-9-5-6-11-18(16)15-27-4-2)26-14-17-10-7-8-12-19(17)28-20(22)23;/h5-12,20H,3-4,13-15H2,1-2H3,(H2,24,25,26);1H. The van der Waals surface area contributed by atoms with E-state index in [0.29, 0.717) is 37.8 Å². The predicted molar refractivity (Wildman–Crippen MR) is 122 cm³/mol. The van der Waals surface area contributed by atoms with Gasteiger partial charge in [0, 0.05) is 25.3 Å². The Labute approximate surface area is 187 Å². The van der Waals surface area contributed by atoms with Gasteiger partial charge in [-0.15, -0.1) is 24.0 Å². The van der Waals surface area contributed by atoms with Crippen LogP contribution in [0.2, 0.25) is 0 Å². The van der Waals surface area contributed by atoms with Gasteiger partial charge in [0.1, 0.15) is 5.75 Å². The van der Waals surface area contributed by atoms with Crippen LogP contribution in [-0.2, 0) is 24.4 Å². The molecule has 0 aliphatic carbocycles. The lowest BCUT2D eigenvalue weighted by atomic mass is 10.1. The zero-order chi connectivity index (χ0) is 20.2. The van der Waals surface area contributed by atoms with Crippen LogP contribution in [0.5, 0.6) is 5.75 Å². The van der Waals surface area contributed by atoms with E-state index >= 15 is 0 Å². The van der Waals surface area contributed by atoms with Crippen molar-refractivity contribution < 1.29 is 18.3 Å². The van der Waals surface area contributed by atoms with Crippen LogP contribution in [0, 0.1) is 0 Å². The molecule has 0 saturated carbocycles. The molecule has 0 unspecified atom stereocenters. The smallest absolute Gasteiger partial charge is 0.387 e. The van der Waals surface area contributed by atoms with E-state index in [1.807, 2.05) is 38.1 Å². The van der Waals surface area contributed by atoms with Crippen molar-refractivity contribution in [2.24, 2.45) is 4.99 Å². The summed E-state index contributed by atoms with van der Waals surface area (Å²) in [5, 5.41) is 6.44. The minimum atomic E-state index is -2.86. The summed E-state index contributed by atoms with van der Waals surface area (Å²) in [7, 11) is 0. The van der Waals surface area contributed by atoms with Crippen molar-refractivity contribution in [2.75, 3.05) is 13.2 Å². The van der Waals surface area contributed by atoms with Crippen molar-refractivity contribution in [2.45, 2.75) is 40.2 Å². The van der Waals surface area contributed by atoms with Gasteiger partial charge in [-0.25, -0.2) is 4.99 Å². The number of guanidine groups is 1. The first kappa shape index (κ1) is 25.1. The summed E-state index contributed by atoms with van der Waals surface area (Å²) < 4.78 is 35.2. The molecule has 0 heterocycles. The molecule has 2 N–H and O–H groups in total. The number of nitrogens with one attached hydrogen (secondary N) is 2. The van der Waals surface area contributed by atoms with E-state index < -0.39 is 6.61 Å². The van der Waals surface area contributed by atoms with Crippen molar-refractivity contribution in [3.8, 4) is 5.75 Å². The number of rotatable bonds is 10. The second kappa shape index (κ2) is 14.1. The van der Waals surface area contributed by atoms with E-state index in [1.165, 1.54) is 6.07 Å². The molecule has 0 aliphatic rings. The fourth-order valence-electron chi connectivity index (χ4n) is 2.61. The lowest BCUT2D eigenvalue weighted by Gasteiger charge is -2.14. The van der Waals surface area contributed by atoms with E-state index in [1.54, 1.807) is 18.2 Å². The molecule has 0 spiro atoms. The van der Waals surface area contributed by atoms with E-state index in [2.05, 4.69) is 20.4 Å². The van der Waals surface area contributed by atoms with Gasteiger partial charge in [-0.3, -0.25) is 0 Å². The minimum Gasteiger partial charge on any atom is -0.434 e. The van der Waals surface area contributed by atoms with Gasteiger partial charge in [0.25, 0.3) is 0 Å². The fourth-order valence-corrected chi connectivity index (χ4v) is 2.61. The maximum absolute atomic E-state index is 12.6. The summed E-state index contributed by atoms with van der Waals surface area (Å²) in [6.07, 6.45) is 0. The monoisotopic (exact) mass is 519 g/mol. The van der Waals surface area contributed by atoms with Gasteiger partial charge in [-0.05, 0) is 31.0 Å². The number of benzene rings is 2. The molecule has 0 saturated heterocycles. The molecule has 160 valence electrons. The number of aliphatic imine (C=N–C) groups is 1. The lowest BCUT2D eigenvalue weighted by molar-refractivity contribution is -0.0504. The first-order chi connectivity index (χ1) is 13.6. The Kier molecular flexibility index (Phi) is 12.2. The van der Waals surface area contributed by atoms with Gasteiger partial charge in [0.2, 0.25) is 0 Å². The Morgan fingerprint density at radius 3 is 2.28 bits per heavy atom. The second-order valence-corrected chi connectivity index (χ2v) is 5.94. The number of para-hydroxylation sites is 1. The van der Waals surface area contributed by atoms with Crippen molar-refractivity contribution in [3.05, 3.63) is 65.2 Å². The third kappa shape index (κ3) is 8.95. The van der Waals surface area contributed by atoms with Crippen LogP contribution >= 0.6 is 24.0 Å². The molecule has 0 bridgehead atoms. The Morgan fingerprint density at radius 2 is 1.62 bits per heavy atom. The van der Waals surface area contributed by atoms with E-state index in [-0.39, 0.29) is 36.3 Å². The van der Waals surface area contributed by atoms with Crippen molar-refractivity contribution in [1.29, 1.82) is 0 Å². The number of alkyl halides is 2. The Bertz CT molecular complexity index is 760. The van der Waals surface area contributed by atoms with Gasteiger partial charge in [-0.1, -0.05) is 42.5 Å². The largest absolute Gasteiger partial charge is 0.434 e. The first-order valence-electron chi connectivity index (χ1n) is 9.33. The maximum atomic E-state index is 12.6. The van der Waals surface area contributed by atoms with E-state index in [0.717, 1.165) is 11.1 Å². The van der Waals surface area contributed by atoms with Crippen LogP contribution in [-0.4, -0.2) is 25.7 Å². The SMILES string of the molecule is CCNC(=NCc1ccccc1OC(F)F)NCc1ccccc1COCC.I. The second-order valence-electron chi connectivity index (χ2n) is 5.94. The molecule has 0 radical (unpaired) electrons. The predicted octanol–water partition coefficient (Wildman–Crippen LogP) is 4.70. The van der Waals surface area contributed by atoms with E-state index in [9.17, 15) is 8.78 Å². The van der Waals surface area contributed by atoms with Crippen LogP contribution in [0.4, 0.5) is 8.78 Å². The van der Waals surface area contributed by atoms with Crippen molar-refractivity contribution >= 4 is 29.9 Å². The van der Waals surface area contributed by atoms with Crippen LogP contribution in [0.3, 0.4) is 0 Å². The van der Waals surface area contributed by atoms with Crippen molar-refractivity contribution in [1.82, 2.24) is 10.6 Å². The molecule has 5 nitrogen and oxygen atoms in total. The Morgan fingerprint density at radius 1 is 0.966 bits per heavy atom. The average Bonchev–Trinajstić information content (AvgIpc) is 2.69. The zero-order valence-electron chi connectivity index (χ0n) is 16.7.